The summed E-state index contributed by atoms with van der Waals surface area (Å²) < 4.78 is 0. The van der Waals surface area contributed by atoms with E-state index in [2.05, 4.69) is 32.9 Å². The molecule has 0 saturated carbocycles. The molecule has 0 aliphatic heterocycles. The third-order valence-electron chi connectivity index (χ3n) is 3.79. The molecule has 0 aromatic heterocycles. The highest BCUT2D eigenvalue weighted by Gasteiger charge is 1.94. The largest absolute Gasteiger partial charge is 0.0885 e. The van der Waals surface area contributed by atoms with Crippen LogP contribution < -0.4 is 0 Å². The summed E-state index contributed by atoms with van der Waals surface area (Å²) in [5.41, 5.74) is 0. The van der Waals surface area contributed by atoms with Crippen molar-refractivity contribution in [3.05, 3.63) is 12.2 Å². The molecule has 0 N–H and O–H groups in total. The summed E-state index contributed by atoms with van der Waals surface area (Å²) in [7, 11) is 0. The lowest BCUT2D eigenvalue weighted by molar-refractivity contribution is 0.516. The molecule has 0 aromatic rings. The maximum Gasteiger partial charge on any atom is -0.0351 e. The van der Waals surface area contributed by atoms with E-state index in [0.717, 1.165) is 5.92 Å². The molecule has 0 nitrogen and oxygen atoms in total. The van der Waals surface area contributed by atoms with Gasteiger partial charge in [0.1, 0.15) is 0 Å². The van der Waals surface area contributed by atoms with Crippen LogP contribution in [0, 0.1) is 5.92 Å². The van der Waals surface area contributed by atoms with Gasteiger partial charge in [-0.05, 0) is 31.6 Å². The molecule has 114 valence electrons. The monoisotopic (exact) mass is 266 g/mol. The van der Waals surface area contributed by atoms with E-state index in [4.69, 9.17) is 0 Å². The summed E-state index contributed by atoms with van der Waals surface area (Å²) in [6.07, 6.45) is 23.0. The summed E-state index contributed by atoms with van der Waals surface area (Å²) >= 11 is 0. The number of unbranched alkanes of at least 4 members (excludes halogenated alkanes) is 10. The first kappa shape index (κ1) is 18.7. The van der Waals surface area contributed by atoms with Crippen molar-refractivity contribution >= 4 is 0 Å². The van der Waals surface area contributed by atoms with Crippen molar-refractivity contribution in [2.75, 3.05) is 0 Å². The number of allylic oxidation sites excluding steroid dienone is 2. The van der Waals surface area contributed by atoms with E-state index in [0.29, 0.717) is 0 Å². The van der Waals surface area contributed by atoms with Crippen LogP contribution in [0.1, 0.15) is 104 Å². The van der Waals surface area contributed by atoms with Gasteiger partial charge >= 0.3 is 0 Å². The first-order valence-electron chi connectivity index (χ1n) is 8.92. The lowest BCUT2D eigenvalue weighted by atomic mass is 10.0. The maximum absolute atomic E-state index is 2.41. The van der Waals surface area contributed by atoms with Gasteiger partial charge in [-0.15, -0.1) is 0 Å². The first-order valence-corrected chi connectivity index (χ1v) is 8.92. The molecule has 0 rings (SSSR count). The predicted octanol–water partition coefficient (Wildman–Crippen LogP) is 7.29. The summed E-state index contributed by atoms with van der Waals surface area (Å²) in [6, 6.07) is 0. The van der Waals surface area contributed by atoms with Gasteiger partial charge in [0.05, 0.1) is 0 Å². The van der Waals surface area contributed by atoms with E-state index in [9.17, 15) is 0 Å². The van der Waals surface area contributed by atoms with Gasteiger partial charge in [-0.25, -0.2) is 0 Å². The van der Waals surface area contributed by atoms with Gasteiger partial charge in [0.15, 0.2) is 0 Å². The highest BCUT2D eigenvalue weighted by Crippen LogP contribution is 2.11. The van der Waals surface area contributed by atoms with Crippen LogP contribution in [0.25, 0.3) is 0 Å². The Hall–Kier alpha value is -0.260. The van der Waals surface area contributed by atoms with Crippen LogP contribution in [0.3, 0.4) is 0 Å². The lowest BCUT2D eigenvalue weighted by Gasteiger charge is -2.03. The van der Waals surface area contributed by atoms with Crippen LogP contribution in [0.2, 0.25) is 0 Å². The predicted molar refractivity (Wildman–Crippen MR) is 89.7 cm³/mol. The molecule has 0 aromatic carbocycles. The van der Waals surface area contributed by atoms with Gasteiger partial charge in [0.2, 0.25) is 0 Å². The maximum atomic E-state index is 2.41. The average Bonchev–Trinajstić information content (AvgIpc) is 2.39. The van der Waals surface area contributed by atoms with Crippen LogP contribution in [-0.4, -0.2) is 0 Å². The molecule has 0 amide bonds. The van der Waals surface area contributed by atoms with Crippen LogP contribution >= 0.6 is 0 Å². The zero-order valence-electron chi connectivity index (χ0n) is 13.9. The van der Waals surface area contributed by atoms with Crippen LogP contribution in [0.4, 0.5) is 0 Å². The van der Waals surface area contributed by atoms with Crippen molar-refractivity contribution in [3.8, 4) is 0 Å². The molecule has 0 fully saturated rings. The molecule has 0 aliphatic rings. The SMILES string of the molecule is CCCCCCC/C=C\CCCCCCCC(C)C. The second-order valence-corrected chi connectivity index (χ2v) is 6.41. The normalized spacial score (nSPS) is 11.8. The molecule has 0 heteroatoms. The van der Waals surface area contributed by atoms with E-state index in [1.807, 2.05) is 0 Å². The molecule has 0 saturated heterocycles. The van der Waals surface area contributed by atoms with Crippen molar-refractivity contribution in [2.24, 2.45) is 5.92 Å². The lowest BCUT2D eigenvalue weighted by Crippen LogP contribution is -1.87. The Morgan fingerprint density at radius 3 is 1.63 bits per heavy atom. The second kappa shape index (κ2) is 15.8. The summed E-state index contributed by atoms with van der Waals surface area (Å²) in [4.78, 5) is 0. The molecule has 19 heavy (non-hydrogen) atoms. The van der Waals surface area contributed by atoms with E-state index in [1.165, 1.54) is 83.5 Å². The van der Waals surface area contributed by atoms with Crippen molar-refractivity contribution in [2.45, 2.75) is 104 Å². The number of hydrogen-bond acceptors (Lipinski definition) is 0. The zero-order chi connectivity index (χ0) is 14.2. The fourth-order valence-corrected chi connectivity index (χ4v) is 2.45. The Morgan fingerprint density at radius 2 is 1.11 bits per heavy atom. The Balaban J connectivity index is 3.04. The standard InChI is InChI=1S/C19H38/c1-4-5-6-7-8-9-10-11-12-13-14-15-16-17-18-19(2)3/h10-11,19H,4-9,12-18H2,1-3H3/b11-10-. The summed E-state index contributed by atoms with van der Waals surface area (Å²) in [6.45, 7) is 6.93. The molecule has 0 unspecified atom stereocenters. The Morgan fingerprint density at radius 1 is 0.632 bits per heavy atom. The van der Waals surface area contributed by atoms with Gasteiger partial charge < -0.3 is 0 Å². The van der Waals surface area contributed by atoms with E-state index >= 15 is 0 Å². The smallest absolute Gasteiger partial charge is 0.0351 e. The van der Waals surface area contributed by atoms with Crippen LogP contribution in [0.15, 0.2) is 12.2 Å². The third kappa shape index (κ3) is 17.7. The third-order valence-corrected chi connectivity index (χ3v) is 3.79. The minimum Gasteiger partial charge on any atom is -0.0885 e. The number of hydrogen-bond donors (Lipinski definition) is 0. The van der Waals surface area contributed by atoms with E-state index in [-0.39, 0.29) is 0 Å². The van der Waals surface area contributed by atoms with Gasteiger partial charge in [0, 0.05) is 0 Å². The van der Waals surface area contributed by atoms with Gasteiger partial charge in [-0.2, -0.15) is 0 Å². The van der Waals surface area contributed by atoms with Crippen molar-refractivity contribution in [1.82, 2.24) is 0 Å². The molecule has 0 radical (unpaired) electrons. The quantitative estimate of drug-likeness (QED) is 0.229. The van der Waals surface area contributed by atoms with Crippen LogP contribution in [-0.2, 0) is 0 Å². The first-order chi connectivity index (χ1) is 9.27. The fourth-order valence-electron chi connectivity index (χ4n) is 2.45. The molecule has 0 heterocycles. The fraction of sp³-hybridized carbons (Fsp3) is 0.895. The molecular weight excluding hydrogens is 228 g/mol. The van der Waals surface area contributed by atoms with Gasteiger partial charge in [-0.3, -0.25) is 0 Å². The molecule has 0 atom stereocenters. The van der Waals surface area contributed by atoms with Crippen molar-refractivity contribution in [1.29, 1.82) is 0 Å². The summed E-state index contributed by atoms with van der Waals surface area (Å²) in [5.74, 6) is 0.889. The topological polar surface area (TPSA) is 0 Å². The second-order valence-electron chi connectivity index (χ2n) is 6.41. The highest BCUT2D eigenvalue weighted by atomic mass is 14.0. The molecular formula is C19H38. The van der Waals surface area contributed by atoms with Gasteiger partial charge in [-0.1, -0.05) is 90.7 Å². The van der Waals surface area contributed by atoms with Crippen LogP contribution in [0.5, 0.6) is 0 Å². The van der Waals surface area contributed by atoms with Gasteiger partial charge in [0.25, 0.3) is 0 Å². The minimum absolute atomic E-state index is 0.889. The zero-order valence-corrected chi connectivity index (χ0v) is 13.9. The Labute approximate surface area is 123 Å². The highest BCUT2D eigenvalue weighted by molar-refractivity contribution is 4.81. The van der Waals surface area contributed by atoms with Crippen molar-refractivity contribution < 1.29 is 0 Å². The summed E-state index contributed by atoms with van der Waals surface area (Å²) in [5, 5.41) is 0. The molecule has 0 spiro atoms. The van der Waals surface area contributed by atoms with E-state index < -0.39 is 0 Å². The van der Waals surface area contributed by atoms with E-state index in [1.54, 1.807) is 0 Å². The number of rotatable bonds is 14. The van der Waals surface area contributed by atoms with Crippen molar-refractivity contribution in [3.63, 3.8) is 0 Å². The average molecular weight is 267 g/mol. The Bertz CT molecular complexity index is 178. The Kier molecular flexibility index (Phi) is 15.6. The molecule has 0 bridgehead atoms. The molecule has 0 aliphatic carbocycles. The minimum atomic E-state index is 0.889.